The Kier molecular flexibility index (Phi) is 6.71. The molecule has 4 rings (SSSR count). The maximum Gasteiger partial charge on any atom is 0.0538 e. The van der Waals surface area contributed by atoms with E-state index in [0.29, 0.717) is 11.5 Å². The normalized spacial score (nSPS) is 33.9. The van der Waals surface area contributed by atoms with Crippen molar-refractivity contribution >= 4 is 0 Å². The first-order chi connectivity index (χ1) is 13.4. The molecule has 0 radical (unpaired) electrons. The first kappa shape index (κ1) is 21.1. The highest BCUT2D eigenvalue weighted by atomic mass is 16.5. The number of piperazine rings is 1. The number of rotatable bonds is 9. The third-order valence-corrected chi connectivity index (χ3v) is 7.90. The maximum absolute atomic E-state index is 6.00. The van der Waals surface area contributed by atoms with E-state index in [9.17, 15) is 0 Å². The molecule has 0 aromatic carbocycles. The average molecular weight is 392 g/mol. The minimum absolute atomic E-state index is 0.375. The van der Waals surface area contributed by atoms with Gasteiger partial charge in [0.05, 0.1) is 12.7 Å². The Hall–Kier alpha value is -0.160. The topological polar surface area (TPSA) is 19.0 Å². The van der Waals surface area contributed by atoms with Crippen LogP contribution >= 0.6 is 0 Å². The highest BCUT2D eigenvalue weighted by Crippen LogP contribution is 2.49. The summed E-state index contributed by atoms with van der Waals surface area (Å²) in [6.45, 7) is 21.8. The van der Waals surface area contributed by atoms with Gasteiger partial charge in [-0.1, -0.05) is 13.8 Å². The summed E-state index contributed by atoms with van der Waals surface area (Å²) in [6.07, 6.45) is 6.11. The molecule has 0 N–H and O–H groups in total. The number of likely N-dealkylation sites (tertiary alicyclic amines) is 1. The van der Waals surface area contributed by atoms with Crippen LogP contribution in [0.5, 0.6) is 0 Å². The van der Waals surface area contributed by atoms with Gasteiger partial charge in [-0.25, -0.2) is 0 Å². The first-order valence-electron chi connectivity index (χ1n) is 12.2. The average Bonchev–Trinajstić information content (AvgIpc) is 3.36. The van der Waals surface area contributed by atoms with E-state index in [1.807, 2.05) is 0 Å². The fraction of sp³-hybridized carbons (Fsp3) is 1.00. The van der Waals surface area contributed by atoms with Gasteiger partial charge in [0.25, 0.3) is 0 Å². The molecule has 4 nitrogen and oxygen atoms in total. The summed E-state index contributed by atoms with van der Waals surface area (Å²) < 4.78 is 6.00. The molecule has 2 saturated carbocycles. The zero-order valence-electron chi connectivity index (χ0n) is 19.0. The fourth-order valence-electron chi connectivity index (χ4n) is 6.17. The SMILES string of the molecule is CC(C)CN1CCN(CC2C3CCC2CN(CC2(COC(C)C)CC2)C3)CC1. The van der Waals surface area contributed by atoms with Crippen molar-refractivity contribution in [3.8, 4) is 0 Å². The molecule has 2 aliphatic heterocycles. The summed E-state index contributed by atoms with van der Waals surface area (Å²) in [5, 5.41) is 0. The minimum Gasteiger partial charge on any atom is -0.378 e. The van der Waals surface area contributed by atoms with E-state index in [1.54, 1.807) is 0 Å². The van der Waals surface area contributed by atoms with Gasteiger partial charge in [0, 0.05) is 64.3 Å². The molecule has 4 heteroatoms. The van der Waals surface area contributed by atoms with Crippen LogP contribution in [0.4, 0.5) is 0 Å². The molecule has 0 spiro atoms. The van der Waals surface area contributed by atoms with Crippen molar-refractivity contribution in [1.82, 2.24) is 14.7 Å². The van der Waals surface area contributed by atoms with E-state index in [2.05, 4.69) is 42.4 Å². The fourth-order valence-corrected chi connectivity index (χ4v) is 6.17. The van der Waals surface area contributed by atoms with Gasteiger partial charge in [-0.05, 0) is 63.2 Å². The molecule has 2 heterocycles. The van der Waals surface area contributed by atoms with Crippen molar-refractivity contribution in [1.29, 1.82) is 0 Å². The Morgan fingerprint density at radius 1 is 0.857 bits per heavy atom. The number of nitrogens with zero attached hydrogens (tertiary/aromatic N) is 3. The lowest BCUT2D eigenvalue weighted by Crippen LogP contribution is -2.52. The van der Waals surface area contributed by atoms with Crippen molar-refractivity contribution in [2.75, 3.05) is 65.5 Å². The number of piperidine rings is 1. The quantitative estimate of drug-likeness (QED) is 0.599. The van der Waals surface area contributed by atoms with Crippen LogP contribution in [0.1, 0.15) is 53.4 Å². The summed E-state index contributed by atoms with van der Waals surface area (Å²) in [5.74, 6) is 3.67. The van der Waals surface area contributed by atoms with Gasteiger partial charge in [-0.2, -0.15) is 0 Å². The lowest BCUT2D eigenvalue weighted by molar-refractivity contribution is 0.0110. The van der Waals surface area contributed by atoms with Crippen molar-refractivity contribution in [2.24, 2.45) is 29.1 Å². The second-order valence-corrected chi connectivity index (χ2v) is 11.3. The summed E-state index contributed by atoms with van der Waals surface area (Å²) in [4.78, 5) is 8.30. The molecule has 0 amide bonds. The van der Waals surface area contributed by atoms with Crippen LogP contribution < -0.4 is 0 Å². The molecule has 4 aliphatic rings. The van der Waals surface area contributed by atoms with Gasteiger partial charge in [0.15, 0.2) is 0 Å². The molecule has 162 valence electrons. The number of hydrogen-bond acceptors (Lipinski definition) is 4. The van der Waals surface area contributed by atoms with E-state index in [1.165, 1.54) is 84.6 Å². The van der Waals surface area contributed by atoms with Gasteiger partial charge in [-0.3, -0.25) is 0 Å². The predicted molar refractivity (Wildman–Crippen MR) is 117 cm³/mol. The van der Waals surface area contributed by atoms with Crippen LogP contribution in [0.3, 0.4) is 0 Å². The molecule has 2 unspecified atom stereocenters. The van der Waals surface area contributed by atoms with E-state index >= 15 is 0 Å². The largest absolute Gasteiger partial charge is 0.378 e. The highest BCUT2D eigenvalue weighted by Gasteiger charge is 2.48. The van der Waals surface area contributed by atoms with Gasteiger partial charge in [0.1, 0.15) is 0 Å². The van der Waals surface area contributed by atoms with Crippen LogP contribution in [0.25, 0.3) is 0 Å². The number of fused-ring (bicyclic) bond motifs is 2. The Morgan fingerprint density at radius 2 is 1.46 bits per heavy atom. The van der Waals surface area contributed by atoms with Crippen LogP contribution in [-0.2, 0) is 4.74 Å². The Balaban J connectivity index is 1.23. The predicted octanol–water partition coefficient (Wildman–Crippen LogP) is 3.42. The number of hydrogen-bond donors (Lipinski definition) is 0. The first-order valence-corrected chi connectivity index (χ1v) is 12.2. The summed E-state index contributed by atoms with van der Waals surface area (Å²) in [7, 11) is 0. The van der Waals surface area contributed by atoms with Crippen molar-refractivity contribution in [3.05, 3.63) is 0 Å². The second-order valence-electron chi connectivity index (χ2n) is 11.3. The maximum atomic E-state index is 6.00. The summed E-state index contributed by atoms with van der Waals surface area (Å²) in [6, 6.07) is 0. The Labute approximate surface area is 174 Å². The van der Waals surface area contributed by atoms with Gasteiger partial charge in [0.2, 0.25) is 0 Å². The van der Waals surface area contributed by atoms with Crippen LogP contribution in [0.2, 0.25) is 0 Å². The van der Waals surface area contributed by atoms with E-state index in [0.717, 1.165) is 30.3 Å². The lowest BCUT2D eigenvalue weighted by atomic mass is 9.84. The van der Waals surface area contributed by atoms with Crippen molar-refractivity contribution in [3.63, 3.8) is 0 Å². The summed E-state index contributed by atoms with van der Waals surface area (Å²) in [5.41, 5.74) is 0.503. The van der Waals surface area contributed by atoms with Gasteiger partial charge >= 0.3 is 0 Å². The number of ether oxygens (including phenoxy) is 1. The molecule has 28 heavy (non-hydrogen) atoms. The molecular weight excluding hydrogens is 346 g/mol. The molecular formula is C24H45N3O. The van der Waals surface area contributed by atoms with Crippen LogP contribution in [0.15, 0.2) is 0 Å². The zero-order valence-corrected chi connectivity index (χ0v) is 19.0. The third-order valence-electron chi connectivity index (χ3n) is 7.90. The zero-order chi connectivity index (χ0) is 19.7. The van der Waals surface area contributed by atoms with Crippen molar-refractivity contribution in [2.45, 2.75) is 59.5 Å². The Morgan fingerprint density at radius 3 is 2.00 bits per heavy atom. The second kappa shape index (κ2) is 8.91. The standard InChI is InChI=1S/C24H45N3O/c1-19(2)13-25-9-11-26(12-10-25)16-23-21-5-6-22(23)15-27(14-21)17-24(7-8-24)18-28-20(3)4/h19-23H,5-18H2,1-4H3. The monoisotopic (exact) mass is 391 g/mol. The molecule has 4 fully saturated rings. The smallest absolute Gasteiger partial charge is 0.0538 e. The molecule has 0 aromatic rings. The van der Waals surface area contributed by atoms with Crippen LogP contribution in [-0.4, -0.2) is 86.3 Å². The molecule has 2 bridgehead atoms. The van der Waals surface area contributed by atoms with E-state index < -0.39 is 0 Å². The Bertz CT molecular complexity index is 482. The molecule has 2 saturated heterocycles. The summed E-state index contributed by atoms with van der Waals surface area (Å²) >= 11 is 0. The van der Waals surface area contributed by atoms with Crippen molar-refractivity contribution < 1.29 is 4.74 Å². The van der Waals surface area contributed by atoms with Gasteiger partial charge in [-0.15, -0.1) is 0 Å². The molecule has 2 atom stereocenters. The van der Waals surface area contributed by atoms with Crippen LogP contribution in [0, 0.1) is 29.1 Å². The van der Waals surface area contributed by atoms with E-state index in [-0.39, 0.29) is 0 Å². The van der Waals surface area contributed by atoms with Gasteiger partial charge < -0.3 is 19.4 Å². The third kappa shape index (κ3) is 5.30. The minimum atomic E-state index is 0.375. The molecule has 2 aliphatic carbocycles. The highest BCUT2D eigenvalue weighted by molar-refractivity contribution is 5.00. The molecule has 0 aromatic heterocycles. The lowest BCUT2D eigenvalue weighted by Gasteiger charge is -2.43. The van der Waals surface area contributed by atoms with E-state index in [4.69, 9.17) is 4.74 Å².